The van der Waals surface area contributed by atoms with Gasteiger partial charge in [0, 0.05) is 12.1 Å². The molecule has 1 aliphatic carbocycles. The molecule has 3 aliphatic rings. The lowest BCUT2D eigenvalue weighted by atomic mass is 9.92. The molecular weight excluding hydrogens is 208 g/mol. The maximum atomic E-state index is 3.72. The molecule has 2 nitrogen and oxygen atoms in total. The molecule has 2 N–H and O–H groups in total. The normalized spacial score (nSPS) is 38.8. The number of rotatable bonds is 0. The van der Waals surface area contributed by atoms with Crippen LogP contribution >= 0.6 is 0 Å². The van der Waals surface area contributed by atoms with E-state index in [4.69, 9.17) is 0 Å². The molecule has 0 spiro atoms. The second-order valence-corrected chi connectivity index (χ2v) is 5.00. The average Bonchev–Trinajstić information content (AvgIpc) is 2.82. The van der Waals surface area contributed by atoms with Crippen molar-refractivity contribution in [3.05, 3.63) is 0 Å². The summed E-state index contributed by atoms with van der Waals surface area (Å²) in [6, 6.07) is 1.64. The van der Waals surface area contributed by atoms with Crippen LogP contribution in [0.1, 0.15) is 59.8 Å². The number of fused-ring (bicyclic) bond motifs is 3. The first kappa shape index (κ1) is 15.0. The molecule has 102 valence electrons. The van der Waals surface area contributed by atoms with Crippen LogP contribution in [0.25, 0.3) is 0 Å². The standard InChI is InChI=1S/C11H20N2.2C2H6/c1-3-8-7-9-4-2-6-13-11(9)10(8)12-5-1;2*1-2/h8-13H,1-7H2;2*1-2H3. The molecule has 0 aromatic carbocycles. The highest BCUT2D eigenvalue weighted by molar-refractivity contribution is 5.02. The summed E-state index contributed by atoms with van der Waals surface area (Å²) in [5, 5.41) is 7.44. The van der Waals surface area contributed by atoms with Crippen molar-refractivity contribution in [1.29, 1.82) is 0 Å². The van der Waals surface area contributed by atoms with Crippen molar-refractivity contribution in [1.82, 2.24) is 10.6 Å². The average molecular weight is 240 g/mol. The van der Waals surface area contributed by atoms with E-state index >= 15 is 0 Å². The third-order valence-corrected chi connectivity index (χ3v) is 4.27. The number of hydrogen-bond acceptors (Lipinski definition) is 2. The lowest BCUT2D eigenvalue weighted by Crippen LogP contribution is -2.53. The second-order valence-electron chi connectivity index (χ2n) is 5.00. The maximum Gasteiger partial charge on any atom is 0.0252 e. The van der Waals surface area contributed by atoms with Crippen LogP contribution in [0.4, 0.5) is 0 Å². The number of nitrogens with one attached hydrogen (secondary N) is 2. The summed E-state index contributed by atoms with van der Waals surface area (Å²) < 4.78 is 0. The van der Waals surface area contributed by atoms with Gasteiger partial charge in [-0.2, -0.15) is 0 Å². The molecule has 1 saturated carbocycles. The predicted octanol–water partition coefficient (Wildman–Crippen LogP) is 3.18. The molecule has 2 aliphatic heterocycles. The van der Waals surface area contributed by atoms with Gasteiger partial charge in [0.05, 0.1) is 0 Å². The smallest absolute Gasteiger partial charge is 0.0252 e. The summed E-state index contributed by atoms with van der Waals surface area (Å²) in [6.45, 7) is 10.5. The first-order chi connectivity index (χ1) is 8.45. The van der Waals surface area contributed by atoms with E-state index in [-0.39, 0.29) is 0 Å². The Labute approximate surface area is 108 Å². The Morgan fingerprint density at radius 1 is 0.706 bits per heavy atom. The topological polar surface area (TPSA) is 24.1 Å². The van der Waals surface area contributed by atoms with Gasteiger partial charge in [-0.05, 0) is 57.0 Å². The summed E-state index contributed by atoms with van der Waals surface area (Å²) >= 11 is 0. The lowest BCUT2D eigenvalue weighted by Gasteiger charge is -2.34. The van der Waals surface area contributed by atoms with E-state index in [1.54, 1.807) is 0 Å². The Morgan fingerprint density at radius 2 is 1.12 bits per heavy atom. The van der Waals surface area contributed by atoms with Gasteiger partial charge in [-0.25, -0.2) is 0 Å². The highest BCUT2D eigenvalue weighted by Crippen LogP contribution is 2.40. The van der Waals surface area contributed by atoms with Gasteiger partial charge in [0.15, 0.2) is 0 Å². The molecular formula is C15H32N2. The van der Waals surface area contributed by atoms with Crippen molar-refractivity contribution >= 4 is 0 Å². The third kappa shape index (κ3) is 3.45. The Balaban J connectivity index is 0.000000330. The zero-order chi connectivity index (χ0) is 12.7. The van der Waals surface area contributed by atoms with Crippen LogP contribution in [0.5, 0.6) is 0 Å². The van der Waals surface area contributed by atoms with E-state index < -0.39 is 0 Å². The van der Waals surface area contributed by atoms with Crippen LogP contribution in [0.3, 0.4) is 0 Å². The van der Waals surface area contributed by atoms with Crippen molar-refractivity contribution in [3.8, 4) is 0 Å². The predicted molar refractivity (Wildman–Crippen MR) is 76.3 cm³/mol. The minimum absolute atomic E-state index is 0.819. The minimum Gasteiger partial charge on any atom is -0.312 e. The van der Waals surface area contributed by atoms with Gasteiger partial charge in [0.25, 0.3) is 0 Å². The van der Waals surface area contributed by atoms with Crippen molar-refractivity contribution < 1.29 is 0 Å². The molecule has 0 aromatic heterocycles. The monoisotopic (exact) mass is 240 g/mol. The molecule has 2 heterocycles. The summed E-state index contributed by atoms with van der Waals surface area (Å²) in [5.74, 6) is 1.99. The largest absolute Gasteiger partial charge is 0.312 e. The zero-order valence-electron chi connectivity index (χ0n) is 12.3. The van der Waals surface area contributed by atoms with Crippen LogP contribution in [-0.4, -0.2) is 25.2 Å². The summed E-state index contributed by atoms with van der Waals surface area (Å²) in [7, 11) is 0. The molecule has 0 amide bonds. The van der Waals surface area contributed by atoms with Gasteiger partial charge in [0.1, 0.15) is 0 Å². The fourth-order valence-corrected chi connectivity index (χ4v) is 3.72. The van der Waals surface area contributed by atoms with E-state index in [0.717, 1.165) is 23.9 Å². The molecule has 2 heteroatoms. The number of hydrogen-bond donors (Lipinski definition) is 2. The Hall–Kier alpha value is -0.0800. The van der Waals surface area contributed by atoms with Crippen LogP contribution in [-0.2, 0) is 0 Å². The van der Waals surface area contributed by atoms with Gasteiger partial charge in [0.2, 0.25) is 0 Å². The summed E-state index contributed by atoms with van der Waals surface area (Å²) in [5.41, 5.74) is 0. The minimum atomic E-state index is 0.819. The van der Waals surface area contributed by atoms with Crippen LogP contribution in [0.15, 0.2) is 0 Å². The summed E-state index contributed by atoms with van der Waals surface area (Å²) in [4.78, 5) is 0. The maximum absolute atomic E-state index is 3.72. The van der Waals surface area contributed by atoms with Crippen molar-refractivity contribution in [2.24, 2.45) is 11.8 Å². The highest BCUT2D eigenvalue weighted by Gasteiger charge is 2.44. The zero-order valence-corrected chi connectivity index (χ0v) is 12.3. The van der Waals surface area contributed by atoms with Gasteiger partial charge < -0.3 is 10.6 Å². The fourth-order valence-electron chi connectivity index (χ4n) is 3.72. The first-order valence-corrected chi connectivity index (χ1v) is 7.92. The second kappa shape index (κ2) is 8.10. The molecule has 3 fully saturated rings. The molecule has 2 saturated heterocycles. The van der Waals surface area contributed by atoms with Gasteiger partial charge in [-0.15, -0.1) is 0 Å². The Kier molecular flexibility index (Phi) is 7.14. The Morgan fingerprint density at radius 3 is 1.53 bits per heavy atom. The van der Waals surface area contributed by atoms with Gasteiger partial charge in [-0.1, -0.05) is 27.7 Å². The van der Waals surface area contributed by atoms with Crippen molar-refractivity contribution in [2.75, 3.05) is 13.1 Å². The molecule has 17 heavy (non-hydrogen) atoms. The third-order valence-electron chi connectivity index (χ3n) is 4.27. The van der Waals surface area contributed by atoms with Crippen LogP contribution < -0.4 is 10.6 Å². The van der Waals surface area contributed by atoms with Crippen LogP contribution in [0, 0.1) is 11.8 Å². The SMILES string of the molecule is C1CNC2C(C1)CC1CCCNC12.CC.CC. The van der Waals surface area contributed by atoms with E-state index in [9.17, 15) is 0 Å². The molecule has 4 unspecified atom stereocenters. The molecule has 0 radical (unpaired) electrons. The van der Waals surface area contributed by atoms with Crippen molar-refractivity contribution in [2.45, 2.75) is 71.9 Å². The van der Waals surface area contributed by atoms with E-state index in [0.29, 0.717) is 0 Å². The van der Waals surface area contributed by atoms with E-state index in [1.165, 1.54) is 45.2 Å². The fraction of sp³-hybridized carbons (Fsp3) is 1.00. The first-order valence-electron chi connectivity index (χ1n) is 7.92. The van der Waals surface area contributed by atoms with E-state index in [1.807, 2.05) is 27.7 Å². The molecule has 3 rings (SSSR count). The molecule has 0 bridgehead atoms. The van der Waals surface area contributed by atoms with E-state index in [2.05, 4.69) is 10.6 Å². The number of piperidine rings is 2. The summed E-state index contributed by atoms with van der Waals surface area (Å²) in [6.07, 6.45) is 7.26. The van der Waals surface area contributed by atoms with Crippen LogP contribution in [0.2, 0.25) is 0 Å². The Bertz CT molecular complexity index is 173. The molecule has 4 atom stereocenters. The van der Waals surface area contributed by atoms with Crippen molar-refractivity contribution in [3.63, 3.8) is 0 Å². The highest BCUT2D eigenvalue weighted by atomic mass is 15.1. The van der Waals surface area contributed by atoms with Gasteiger partial charge in [-0.3, -0.25) is 0 Å². The van der Waals surface area contributed by atoms with Gasteiger partial charge >= 0.3 is 0 Å². The lowest BCUT2D eigenvalue weighted by molar-refractivity contribution is 0.260. The quantitative estimate of drug-likeness (QED) is 0.679. The molecule has 0 aromatic rings.